The highest BCUT2D eigenvalue weighted by atomic mass is 16.5. The first-order chi connectivity index (χ1) is 16.6. The zero-order valence-corrected chi connectivity index (χ0v) is 21.0. The van der Waals surface area contributed by atoms with Crippen LogP contribution in [0.25, 0.3) is 0 Å². The van der Waals surface area contributed by atoms with E-state index in [1.54, 1.807) is 30.3 Å². The smallest absolute Gasteiger partial charge is 0.172 e. The number of anilines is 3. The first-order valence-electron chi connectivity index (χ1n) is 11.5. The molecule has 0 unspecified atom stereocenters. The minimum Gasteiger partial charge on any atom is -0.508 e. The summed E-state index contributed by atoms with van der Waals surface area (Å²) < 4.78 is 6.19. The van der Waals surface area contributed by atoms with E-state index in [1.165, 1.54) is 0 Å². The fourth-order valence-corrected chi connectivity index (χ4v) is 4.65. The maximum atomic E-state index is 10.4. The van der Waals surface area contributed by atoms with Crippen LogP contribution in [0.2, 0.25) is 0 Å². The van der Waals surface area contributed by atoms with E-state index in [9.17, 15) is 15.3 Å². The van der Waals surface area contributed by atoms with Gasteiger partial charge >= 0.3 is 0 Å². The Hall–Kier alpha value is -4.12. The lowest BCUT2D eigenvalue weighted by Gasteiger charge is -2.31. The van der Waals surface area contributed by atoms with Gasteiger partial charge in [-0.05, 0) is 117 Å². The quantitative estimate of drug-likeness (QED) is 0.277. The van der Waals surface area contributed by atoms with Crippen LogP contribution in [0.5, 0.6) is 28.7 Å². The van der Waals surface area contributed by atoms with E-state index in [0.717, 1.165) is 50.4 Å². The number of aryl methyl sites for hydroxylation is 5. The van der Waals surface area contributed by atoms with Crippen molar-refractivity contribution in [1.29, 1.82) is 0 Å². The Morgan fingerprint density at radius 1 is 0.600 bits per heavy atom. The fraction of sp³-hybridized carbons (Fsp3) is 0.200. The molecule has 0 heterocycles. The average molecular weight is 470 g/mol. The van der Waals surface area contributed by atoms with Crippen molar-refractivity contribution >= 4 is 17.1 Å². The lowest BCUT2D eigenvalue weighted by Crippen LogP contribution is -2.15. The molecule has 35 heavy (non-hydrogen) atoms. The lowest BCUT2D eigenvalue weighted by molar-refractivity contribution is 0.408. The monoisotopic (exact) mass is 469 g/mol. The molecular formula is C30H31NO4. The molecule has 4 rings (SSSR count). The summed E-state index contributed by atoms with van der Waals surface area (Å²) in [5.41, 5.74) is 8.27. The number of rotatable bonds is 5. The largest absolute Gasteiger partial charge is 0.508 e. The number of hydrogen-bond acceptors (Lipinski definition) is 5. The van der Waals surface area contributed by atoms with Crippen LogP contribution >= 0.6 is 0 Å². The second kappa shape index (κ2) is 9.26. The zero-order valence-electron chi connectivity index (χ0n) is 21.0. The molecule has 0 aromatic heterocycles. The van der Waals surface area contributed by atoms with Gasteiger partial charge in [0.15, 0.2) is 11.5 Å². The number of phenols is 3. The molecule has 0 saturated heterocycles. The molecule has 4 aromatic carbocycles. The van der Waals surface area contributed by atoms with E-state index in [2.05, 4.69) is 4.90 Å². The number of nitrogens with zero attached hydrogens (tertiary/aromatic N) is 1. The SMILES string of the molecule is Cc1ccc(O)c(Oc2cccc(N(c3c(C)cc(O)cc3C)c3c(C)cc(O)cc3C)c2)c1C. The van der Waals surface area contributed by atoms with E-state index >= 15 is 0 Å². The van der Waals surface area contributed by atoms with E-state index in [-0.39, 0.29) is 17.2 Å². The Morgan fingerprint density at radius 2 is 1.11 bits per heavy atom. The van der Waals surface area contributed by atoms with Gasteiger partial charge in [0.05, 0.1) is 11.4 Å². The van der Waals surface area contributed by atoms with Crippen LogP contribution in [0.3, 0.4) is 0 Å². The molecular weight excluding hydrogens is 438 g/mol. The summed E-state index contributed by atoms with van der Waals surface area (Å²) >= 11 is 0. The van der Waals surface area contributed by atoms with Crippen molar-refractivity contribution in [2.45, 2.75) is 41.5 Å². The van der Waals surface area contributed by atoms with E-state index in [0.29, 0.717) is 11.5 Å². The van der Waals surface area contributed by atoms with Crippen molar-refractivity contribution in [2.24, 2.45) is 0 Å². The molecule has 180 valence electrons. The van der Waals surface area contributed by atoms with Crippen molar-refractivity contribution in [2.75, 3.05) is 4.90 Å². The summed E-state index contributed by atoms with van der Waals surface area (Å²) in [7, 11) is 0. The van der Waals surface area contributed by atoms with Crippen molar-refractivity contribution < 1.29 is 20.1 Å². The van der Waals surface area contributed by atoms with E-state index in [1.807, 2.05) is 71.9 Å². The van der Waals surface area contributed by atoms with Crippen molar-refractivity contribution in [3.8, 4) is 28.7 Å². The Balaban J connectivity index is 1.92. The van der Waals surface area contributed by atoms with Crippen LogP contribution in [0, 0.1) is 41.5 Å². The highest BCUT2D eigenvalue weighted by Gasteiger charge is 2.22. The van der Waals surface area contributed by atoms with Crippen molar-refractivity contribution in [3.05, 3.63) is 94.0 Å². The zero-order chi connectivity index (χ0) is 25.4. The minimum absolute atomic E-state index is 0.0887. The summed E-state index contributed by atoms with van der Waals surface area (Å²) in [6.07, 6.45) is 0. The molecule has 0 aliphatic heterocycles. The maximum absolute atomic E-state index is 10.4. The molecule has 0 saturated carbocycles. The topological polar surface area (TPSA) is 73.2 Å². The van der Waals surface area contributed by atoms with Gasteiger partial charge in [-0.1, -0.05) is 12.1 Å². The highest BCUT2D eigenvalue weighted by Crippen LogP contribution is 2.45. The normalized spacial score (nSPS) is 10.9. The van der Waals surface area contributed by atoms with Crippen LogP contribution in [-0.4, -0.2) is 15.3 Å². The van der Waals surface area contributed by atoms with Crippen LogP contribution < -0.4 is 9.64 Å². The predicted octanol–water partition coefficient (Wildman–Crippen LogP) is 7.92. The van der Waals surface area contributed by atoms with Crippen LogP contribution in [0.15, 0.2) is 60.7 Å². The molecule has 5 nitrogen and oxygen atoms in total. The fourth-order valence-electron chi connectivity index (χ4n) is 4.65. The second-order valence-electron chi connectivity index (χ2n) is 9.15. The van der Waals surface area contributed by atoms with Gasteiger partial charge in [-0.3, -0.25) is 0 Å². The third-order valence-corrected chi connectivity index (χ3v) is 6.35. The Bertz CT molecular complexity index is 1320. The highest BCUT2D eigenvalue weighted by molar-refractivity contribution is 5.84. The number of hydrogen-bond donors (Lipinski definition) is 3. The number of ether oxygens (including phenoxy) is 1. The van der Waals surface area contributed by atoms with Gasteiger partial charge in [0.1, 0.15) is 17.2 Å². The Kier molecular flexibility index (Phi) is 6.35. The van der Waals surface area contributed by atoms with Gasteiger partial charge in [0.2, 0.25) is 0 Å². The predicted molar refractivity (Wildman–Crippen MR) is 141 cm³/mol. The van der Waals surface area contributed by atoms with Gasteiger partial charge in [0.25, 0.3) is 0 Å². The first-order valence-corrected chi connectivity index (χ1v) is 11.5. The summed E-state index contributed by atoms with van der Waals surface area (Å²) in [6.45, 7) is 11.8. The Morgan fingerprint density at radius 3 is 1.63 bits per heavy atom. The number of benzene rings is 4. The molecule has 0 aliphatic carbocycles. The van der Waals surface area contributed by atoms with Crippen molar-refractivity contribution in [1.82, 2.24) is 0 Å². The minimum atomic E-state index is 0.0887. The third-order valence-electron chi connectivity index (χ3n) is 6.35. The molecule has 0 amide bonds. The first kappa shape index (κ1) is 24.0. The Labute approximate surface area is 206 Å². The number of aromatic hydroxyl groups is 3. The summed E-state index contributed by atoms with van der Waals surface area (Å²) in [4.78, 5) is 2.13. The molecule has 0 atom stereocenters. The molecule has 0 bridgehead atoms. The standard InChI is InChI=1S/C30H31NO4/c1-17-10-11-27(34)30(22(17)6)35-26-9-7-8-23(16-26)31(28-18(2)12-24(32)13-19(28)3)29-20(4)14-25(33)15-21(29)5/h7-16,32-34H,1-6H3. The van der Waals surface area contributed by atoms with Gasteiger partial charge in [0, 0.05) is 11.8 Å². The molecule has 0 radical (unpaired) electrons. The molecule has 0 spiro atoms. The van der Waals surface area contributed by atoms with E-state index in [4.69, 9.17) is 4.74 Å². The van der Waals surface area contributed by atoms with Crippen LogP contribution in [-0.2, 0) is 0 Å². The molecule has 3 N–H and O–H groups in total. The number of phenolic OH excluding ortho intramolecular Hbond substituents is 3. The molecule has 0 aliphatic rings. The average Bonchev–Trinajstić information content (AvgIpc) is 2.77. The third kappa shape index (κ3) is 4.62. The second-order valence-corrected chi connectivity index (χ2v) is 9.15. The van der Waals surface area contributed by atoms with Gasteiger partial charge in [-0.25, -0.2) is 0 Å². The van der Waals surface area contributed by atoms with Gasteiger partial charge in [-0.15, -0.1) is 0 Å². The van der Waals surface area contributed by atoms with E-state index < -0.39 is 0 Å². The van der Waals surface area contributed by atoms with Crippen LogP contribution in [0.1, 0.15) is 33.4 Å². The summed E-state index contributed by atoms with van der Waals surface area (Å²) in [5.74, 6) is 1.53. The molecule has 4 aromatic rings. The molecule has 5 heteroatoms. The van der Waals surface area contributed by atoms with Crippen molar-refractivity contribution in [3.63, 3.8) is 0 Å². The maximum Gasteiger partial charge on any atom is 0.172 e. The molecule has 0 fully saturated rings. The van der Waals surface area contributed by atoms with Crippen LogP contribution in [0.4, 0.5) is 17.1 Å². The lowest BCUT2D eigenvalue weighted by atomic mass is 10.0. The summed E-state index contributed by atoms with van der Waals surface area (Å²) in [5, 5.41) is 30.8. The summed E-state index contributed by atoms with van der Waals surface area (Å²) in [6, 6.07) is 18.2. The van der Waals surface area contributed by atoms with Gasteiger partial charge in [-0.2, -0.15) is 0 Å². The van der Waals surface area contributed by atoms with Gasteiger partial charge < -0.3 is 25.0 Å².